The standard InChI is InChI=1S/C19H17BrCl2N2O3/c1-23-18(27)24(16-9-14(21)8-15(22)10-16)17(26)19(23,6-7-25)11-12-2-4-13(20)5-3-12/h2-5,8-10,25H,6-7,11H2,1H3. The molecule has 0 radical (unpaired) electrons. The maximum Gasteiger partial charge on any atom is 0.332 e. The highest BCUT2D eigenvalue weighted by Crippen LogP contribution is 2.38. The summed E-state index contributed by atoms with van der Waals surface area (Å²) in [6, 6.07) is 11.6. The second kappa shape index (κ2) is 7.80. The Morgan fingerprint density at radius 2 is 1.67 bits per heavy atom. The number of benzene rings is 2. The van der Waals surface area contributed by atoms with E-state index >= 15 is 0 Å². The Kier molecular flexibility index (Phi) is 5.82. The average Bonchev–Trinajstić information content (AvgIpc) is 2.78. The first-order valence-corrected chi connectivity index (χ1v) is 9.77. The lowest BCUT2D eigenvalue weighted by Gasteiger charge is -2.32. The number of hydrogen-bond donors (Lipinski definition) is 1. The predicted molar refractivity (Wildman–Crippen MR) is 109 cm³/mol. The zero-order valence-corrected chi connectivity index (χ0v) is 17.6. The third kappa shape index (κ3) is 3.72. The fraction of sp³-hybridized carbons (Fsp3) is 0.263. The number of nitrogens with zero attached hydrogens (tertiary/aromatic N) is 2. The van der Waals surface area contributed by atoms with Gasteiger partial charge in [0.15, 0.2) is 0 Å². The van der Waals surface area contributed by atoms with Crippen molar-refractivity contribution in [3.05, 3.63) is 62.5 Å². The molecule has 1 N–H and O–H groups in total. The van der Waals surface area contributed by atoms with Crippen molar-refractivity contribution in [1.82, 2.24) is 4.90 Å². The first kappa shape index (κ1) is 20.1. The molecule has 2 aromatic rings. The van der Waals surface area contributed by atoms with Gasteiger partial charge in [-0.15, -0.1) is 0 Å². The van der Waals surface area contributed by atoms with Gasteiger partial charge in [0.1, 0.15) is 5.54 Å². The Balaban J connectivity index is 2.04. The van der Waals surface area contributed by atoms with Gasteiger partial charge in [-0.05, 0) is 35.9 Å². The molecule has 142 valence electrons. The molecule has 2 aromatic carbocycles. The summed E-state index contributed by atoms with van der Waals surface area (Å²) < 4.78 is 0.917. The minimum Gasteiger partial charge on any atom is -0.396 e. The lowest BCUT2D eigenvalue weighted by molar-refractivity contribution is -0.125. The van der Waals surface area contributed by atoms with Crippen LogP contribution in [0.4, 0.5) is 10.5 Å². The van der Waals surface area contributed by atoms with E-state index in [-0.39, 0.29) is 19.4 Å². The van der Waals surface area contributed by atoms with Crippen LogP contribution in [0.1, 0.15) is 12.0 Å². The number of likely N-dealkylation sites (N-methyl/N-ethyl adjacent to an activating group) is 1. The van der Waals surface area contributed by atoms with Crippen molar-refractivity contribution in [1.29, 1.82) is 0 Å². The molecule has 0 spiro atoms. The van der Waals surface area contributed by atoms with Gasteiger partial charge in [0.2, 0.25) is 0 Å². The van der Waals surface area contributed by atoms with Crippen molar-refractivity contribution in [2.45, 2.75) is 18.4 Å². The average molecular weight is 472 g/mol. The molecule has 0 aromatic heterocycles. The van der Waals surface area contributed by atoms with Crippen LogP contribution in [-0.2, 0) is 11.2 Å². The topological polar surface area (TPSA) is 60.9 Å². The Morgan fingerprint density at radius 1 is 1.07 bits per heavy atom. The first-order valence-electron chi connectivity index (χ1n) is 8.22. The molecule has 8 heteroatoms. The van der Waals surface area contributed by atoms with E-state index in [1.807, 2.05) is 24.3 Å². The quantitative estimate of drug-likeness (QED) is 0.652. The number of hydrogen-bond acceptors (Lipinski definition) is 3. The third-order valence-corrected chi connectivity index (χ3v) is 5.73. The number of aliphatic hydroxyl groups is 1. The molecule has 27 heavy (non-hydrogen) atoms. The van der Waals surface area contributed by atoms with Crippen LogP contribution in [0.5, 0.6) is 0 Å². The Bertz CT molecular complexity index is 871. The molecule has 1 unspecified atom stereocenters. The van der Waals surface area contributed by atoms with Gasteiger partial charge in [-0.2, -0.15) is 0 Å². The number of imide groups is 1. The second-order valence-corrected chi connectivity index (χ2v) is 8.21. The largest absolute Gasteiger partial charge is 0.396 e. The maximum atomic E-state index is 13.4. The van der Waals surface area contributed by atoms with E-state index in [9.17, 15) is 14.7 Å². The number of halogens is 3. The van der Waals surface area contributed by atoms with Gasteiger partial charge < -0.3 is 10.0 Å². The number of amides is 3. The molecule has 1 heterocycles. The van der Waals surface area contributed by atoms with Crippen LogP contribution in [0.2, 0.25) is 10.0 Å². The number of anilines is 1. The molecular weight excluding hydrogens is 455 g/mol. The summed E-state index contributed by atoms with van der Waals surface area (Å²) in [6.07, 6.45) is 0.404. The lowest BCUT2D eigenvalue weighted by Crippen LogP contribution is -2.50. The number of carbonyl (C=O) groups excluding carboxylic acids is 2. The highest BCUT2D eigenvalue weighted by Gasteiger charge is 2.55. The van der Waals surface area contributed by atoms with Crippen molar-refractivity contribution in [3.63, 3.8) is 0 Å². The molecule has 0 aliphatic carbocycles. The monoisotopic (exact) mass is 470 g/mol. The van der Waals surface area contributed by atoms with Gasteiger partial charge in [-0.25, -0.2) is 9.69 Å². The zero-order valence-electron chi connectivity index (χ0n) is 14.5. The van der Waals surface area contributed by atoms with Gasteiger partial charge in [0, 0.05) is 41.0 Å². The van der Waals surface area contributed by atoms with Crippen LogP contribution in [-0.4, -0.2) is 41.1 Å². The van der Waals surface area contributed by atoms with Crippen molar-refractivity contribution in [2.75, 3.05) is 18.6 Å². The molecule has 1 saturated heterocycles. The van der Waals surface area contributed by atoms with Crippen LogP contribution < -0.4 is 4.90 Å². The van der Waals surface area contributed by atoms with Crippen molar-refractivity contribution in [3.8, 4) is 0 Å². The van der Waals surface area contributed by atoms with Crippen molar-refractivity contribution >= 4 is 56.8 Å². The molecule has 1 aliphatic heterocycles. The number of aliphatic hydroxyl groups excluding tert-OH is 1. The number of rotatable bonds is 5. The van der Waals surface area contributed by atoms with E-state index in [4.69, 9.17) is 23.2 Å². The van der Waals surface area contributed by atoms with Gasteiger partial charge >= 0.3 is 6.03 Å². The second-order valence-electron chi connectivity index (χ2n) is 6.42. The third-order valence-electron chi connectivity index (χ3n) is 4.76. The molecule has 1 aliphatic rings. The molecule has 0 saturated carbocycles. The lowest BCUT2D eigenvalue weighted by atomic mass is 9.86. The van der Waals surface area contributed by atoms with E-state index in [2.05, 4.69) is 15.9 Å². The van der Waals surface area contributed by atoms with Crippen molar-refractivity contribution < 1.29 is 14.7 Å². The highest BCUT2D eigenvalue weighted by atomic mass is 79.9. The predicted octanol–water partition coefficient (Wildman–Crippen LogP) is 4.52. The first-order chi connectivity index (χ1) is 12.8. The fourth-order valence-corrected chi connectivity index (χ4v) is 4.13. The van der Waals surface area contributed by atoms with E-state index < -0.39 is 17.5 Å². The summed E-state index contributed by atoms with van der Waals surface area (Å²) in [5.74, 6) is -0.412. The Morgan fingerprint density at radius 3 is 2.22 bits per heavy atom. The summed E-state index contributed by atoms with van der Waals surface area (Å²) in [7, 11) is 1.57. The van der Waals surface area contributed by atoms with E-state index in [0.29, 0.717) is 15.7 Å². The minimum absolute atomic E-state index is 0.120. The normalized spacial score (nSPS) is 19.9. The smallest absolute Gasteiger partial charge is 0.332 e. The summed E-state index contributed by atoms with van der Waals surface area (Å²) in [5, 5.41) is 10.3. The molecular formula is C19H17BrCl2N2O3. The molecule has 1 atom stereocenters. The van der Waals surface area contributed by atoms with Crippen LogP contribution in [0, 0.1) is 0 Å². The van der Waals surface area contributed by atoms with Gasteiger partial charge in [0.25, 0.3) is 5.91 Å². The van der Waals surface area contributed by atoms with Gasteiger partial charge in [-0.1, -0.05) is 51.3 Å². The van der Waals surface area contributed by atoms with Crippen LogP contribution >= 0.6 is 39.1 Å². The molecule has 0 bridgehead atoms. The summed E-state index contributed by atoms with van der Waals surface area (Å²) >= 11 is 15.5. The maximum absolute atomic E-state index is 13.4. The molecule has 3 rings (SSSR count). The highest BCUT2D eigenvalue weighted by molar-refractivity contribution is 9.10. The van der Waals surface area contributed by atoms with Crippen LogP contribution in [0.3, 0.4) is 0 Å². The SMILES string of the molecule is CN1C(=O)N(c2cc(Cl)cc(Cl)c2)C(=O)C1(CCO)Cc1ccc(Br)cc1. The van der Waals surface area contributed by atoms with E-state index in [1.165, 1.54) is 23.1 Å². The Hall–Kier alpha value is -1.60. The summed E-state index contributed by atoms with van der Waals surface area (Å²) in [4.78, 5) is 28.8. The Labute approximate surface area is 175 Å². The number of carbonyl (C=O) groups is 2. The van der Waals surface area contributed by atoms with Gasteiger partial charge in [0.05, 0.1) is 5.69 Å². The van der Waals surface area contributed by atoms with Crippen molar-refractivity contribution in [2.24, 2.45) is 0 Å². The van der Waals surface area contributed by atoms with E-state index in [0.717, 1.165) is 14.9 Å². The zero-order chi connectivity index (χ0) is 19.8. The van der Waals surface area contributed by atoms with Crippen LogP contribution in [0.15, 0.2) is 46.9 Å². The fourth-order valence-electron chi connectivity index (χ4n) is 3.35. The molecule has 5 nitrogen and oxygen atoms in total. The van der Waals surface area contributed by atoms with E-state index in [1.54, 1.807) is 7.05 Å². The molecule has 3 amide bonds. The van der Waals surface area contributed by atoms with Crippen LogP contribution in [0.25, 0.3) is 0 Å². The number of urea groups is 1. The molecule has 1 fully saturated rings. The summed E-state index contributed by atoms with van der Waals surface area (Å²) in [5.41, 5.74) is 0.00431. The summed E-state index contributed by atoms with van der Waals surface area (Å²) in [6.45, 7) is -0.232. The minimum atomic E-state index is -1.19. The van der Waals surface area contributed by atoms with Gasteiger partial charge in [-0.3, -0.25) is 4.79 Å².